The number of ether oxygens (including phenoxy) is 1. The number of fused-ring (bicyclic) bond motifs is 1. The van der Waals surface area contributed by atoms with E-state index in [4.69, 9.17) is 4.74 Å². The maximum absolute atomic E-state index is 13.1. The van der Waals surface area contributed by atoms with Crippen molar-refractivity contribution in [3.05, 3.63) is 41.5 Å². The van der Waals surface area contributed by atoms with E-state index in [0.717, 1.165) is 12.8 Å². The molecule has 0 saturated carbocycles. The molecule has 2 aromatic rings. The molecule has 0 aromatic heterocycles. The van der Waals surface area contributed by atoms with Crippen LogP contribution in [0.5, 0.6) is 5.75 Å². The summed E-state index contributed by atoms with van der Waals surface area (Å²) in [5, 5.41) is 10.3. The Kier molecular flexibility index (Phi) is 7.27. The molecule has 1 N–H and O–H groups in total. The van der Waals surface area contributed by atoms with Gasteiger partial charge in [0.05, 0.1) is 5.60 Å². The minimum absolute atomic E-state index is 0.0251. The molecule has 0 aliphatic heterocycles. The zero-order valence-corrected chi connectivity index (χ0v) is 18.4. The fraction of sp³-hybridized carbons (Fsp3) is 0.476. The molecule has 0 bridgehead atoms. The summed E-state index contributed by atoms with van der Waals surface area (Å²) in [6.07, 6.45) is 0.325. The molecule has 0 aliphatic rings. The van der Waals surface area contributed by atoms with Gasteiger partial charge in [-0.15, -0.1) is 0 Å². The van der Waals surface area contributed by atoms with Crippen molar-refractivity contribution in [1.29, 1.82) is 0 Å². The van der Waals surface area contributed by atoms with Crippen LogP contribution in [0.3, 0.4) is 0 Å². The van der Waals surface area contributed by atoms with Crippen molar-refractivity contribution in [1.82, 2.24) is 0 Å². The van der Waals surface area contributed by atoms with Gasteiger partial charge in [0, 0.05) is 10.9 Å². The molecule has 172 valence electrons. The molecule has 2 rings (SSSR count). The first-order valence-corrected chi connectivity index (χ1v) is 11.0. The first-order valence-electron chi connectivity index (χ1n) is 9.64. The first kappa shape index (κ1) is 24.9. The topological polar surface area (TPSA) is 89.9 Å². The molecule has 0 radical (unpaired) electrons. The highest BCUT2D eigenvalue weighted by Gasteiger charge is 2.49. The number of aryl methyl sites for hydroxylation is 1. The van der Waals surface area contributed by atoms with E-state index in [0.29, 0.717) is 11.8 Å². The second kappa shape index (κ2) is 9.04. The molecule has 1 atom stereocenters. The van der Waals surface area contributed by atoms with Gasteiger partial charge in [-0.2, -0.15) is 21.6 Å². The predicted octanol–water partition coefficient (Wildman–Crippen LogP) is 5.49. The van der Waals surface area contributed by atoms with Gasteiger partial charge < -0.3 is 14.0 Å². The number of hydrogen-bond acceptors (Lipinski definition) is 5. The molecular formula is C21H25F3O6S. The summed E-state index contributed by atoms with van der Waals surface area (Å²) in [4.78, 5) is 12.1. The summed E-state index contributed by atoms with van der Waals surface area (Å²) in [6.45, 7) is 6.75. The number of carboxylic acids is 1. The van der Waals surface area contributed by atoms with Crippen LogP contribution in [0.25, 0.3) is 10.8 Å². The lowest BCUT2D eigenvalue weighted by molar-refractivity contribution is -0.163. The van der Waals surface area contributed by atoms with Gasteiger partial charge in [-0.25, -0.2) is 4.79 Å². The van der Waals surface area contributed by atoms with E-state index in [2.05, 4.69) is 4.18 Å². The second-order valence-corrected chi connectivity index (χ2v) is 9.38. The summed E-state index contributed by atoms with van der Waals surface area (Å²) >= 11 is 0. The van der Waals surface area contributed by atoms with Crippen molar-refractivity contribution in [3.8, 4) is 5.75 Å². The lowest BCUT2D eigenvalue weighted by Crippen LogP contribution is -2.32. The highest BCUT2D eigenvalue weighted by Crippen LogP contribution is 2.42. The molecule has 31 heavy (non-hydrogen) atoms. The molecule has 0 saturated heterocycles. The number of halogens is 3. The number of benzene rings is 2. The van der Waals surface area contributed by atoms with E-state index in [1.807, 2.05) is 6.92 Å². The number of carboxylic acid groups (broad SMARTS) is 1. The van der Waals surface area contributed by atoms with Gasteiger partial charge in [0.2, 0.25) is 0 Å². The molecule has 0 heterocycles. The van der Waals surface area contributed by atoms with E-state index in [1.165, 1.54) is 19.1 Å². The van der Waals surface area contributed by atoms with E-state index in [-0.39, 0.29) is 16.5 Å². The third kappa shape index (κ3) is 5.68. The third-order valence-corrected chi connectivity index (χ3v) is 5.73. The van der Waals surface area contributed by atoms with Crippen LogP contribution in [-0.2, 0) is 19.6 Å². The fourth-order valence-electron chi connectivity index (χ4n) is 3.25. The van der Waals surface area contributed by atoms with Crippen LogP contribution < -0.4 is 4.18 Å². The van der Waals surface area contributed by atoms with Gasteiger partial charge in [0.15, 0.2) is 11.9 Å². The lowest BCUT2D eigenvalue weighted by Gasteiger charge is -2.31. The molecule has 0 aliphatic carbocycles. The minimum atomic E-state index is -6.05. The summed E-state index contributed by atoms with van der Waals surface area (Å²) in [5.74, 6) is -2.18. The number of carbonyl (C=O) groups is 1. The smallest absolute Gasteiger partial charge is 0.479 e. The molecule has 1 unspecified atom stereocenters. The number of unbranched alkanes of at least 4 members (excludes halogenated alkanes) is 1. The van der Waals surface area contributed by atoms with Gasteiger partial charge in [-0.3, -0.25) is 0 Å². The number of alkyl halides is 3. The summed E-state index contributed by atoms with van der Waals surface area (Å²) < 4.78 is 73.1. The quantitative estimate of drug-likeness (QED) is 0.392. The van der Waals surface area contributed by atoms with Crippen molar-refractivity contribution in [2.24, 2.45) is 0 Å². The van der Waals surface area contributed by atoms with Gasteiger partial charge in [-0.05, 0) is 38.1 Å². The Bertz CT molecular complexity index is 1060. The zero-order chi connectivity index (χ0) is 23.6. The van der Waals surface area contributed by atoms with Gasteiger partial charge in [0.1, 0.15) is 0 Å². The monoisotopic (exact) mass is 462 g/mol. The maximum Gasteiger partial charge on any atom is 0.534 e. The molecule has 0 spiro atoms. The Balaban J connectivity index is 2.75. The van der Waals surface area contributed by atoms with Crippen LogP contribution in [0.2, 0.25) is 0 Å². The predicted molar refractivity (Wildman–Crippen MR) is 109 cm³/mol. The zero-order valence-electron chi connectivity index (χ0n) is 17.6. The lowest BCUT2D eigenvalue weighted by atomic mass is 9.95. The highest BCUT2D eigenvalue weighted by atomic mass is 32.2. The second-order valence-electron chi connectivity index (χ2n) is 7.84. The SMILES string of the molecule is CCCCC(C)(C)OC(C(=O)O)c1c(C)cc2ccccc2c1OS(=O)(=O)C(F)(F)F. The maximum atomic E-state index is 13.1. The van der Waals surface area contributed by atoms with Gasteiger partial charge in [-0.1, -0.05) is 50.1 Å². The van der Waals surface area contributed by atoms with Crippen molar-refractivity contribution >= 4 is 26.9 Å². The number of aliphatic carboxylic acids is 1. The van der Waals surface area contributed by atoms with Crippen LogP contribution in [-0.4, -0.2) is 30.6 Å². The molecule has 2 aromatic carbocycles. The van der Waals surface area contributed by atoms with E-state index in [1.54, 1.807) is 32.0 Å². The Hall–Kier alpha value is -2.33. The Morgan fingerprint density at radius 2 is 1.81 bits per heavy atom. The van der Waals surface area contributed by atoms with Crippen molar-refractivity contribution in [2.75, 3.05) is 0 Å². The van der Waals surface area contributed by atoms with Crippen molar-refractivity contribution in [3.63, 3.8) is 0 Å². The van der Waals surface area contributed by atoms with Crippen LogP contribution >= 0.6 is 0 Å². The fourth-order valence-corrected chi connectivity index (χ4v) is 3.74. The normalized spacial score (nSPS) is 13.9. The van der Waals surface area contributed by atoms with E-state index >= 15 is 0 Å². The highest BCUT2D eigenvalue weighted by molar-refractivity contribution is 7.88. The Morgan fingerprint density at radius 1 is 1.19 bits per heavy atom. The molecule has 6 nitrogen and oxygen atoms in total. The van der Waals surface area contributed by atoms with Crippen LogP contribution in [0.4, 0.5) is 13.2 Å². The molecule has 10 heteroatoms. The van der Waals surface area contributed by atoms with Crippen LogP contribution in [0, 0.1) is 6.92 Å². The molecule has 0 fully saturated rings. The van der Waals surface area contributed by atoms with E-state index < -0.39 is 39.1 Å². The summed E-state index contributed by atoms with van der Waals surface area (Å²) in [5.41, 5.74) is -6.67. The summed E-state index contributed by atoms with van der Waals surface area (Å²) in [6, 6.07) is 7.57. The molecule has 0 amide bonds. The van der Waals surface area contributed by atoms with Crippen LogP contribution in [0.1, 0.15) is 57.3 Å². The van der Waals surface area contributed by atoms with Gasteiger partial charge >= 0.3 is 21.6 Å². The third-order valence-electron chi connectivity index (χ3n) is 4.78. The number of hydrogen-bond donors (Lipinski definition) is 1. The average molecular weight is 462 g/mol. The molecular weight excluding hydrogens is 437 g/mol. The first-order chi connectivity index (χ1) is 14.2. The minimum Gasteiger partial charge on any atom is -0.479 e. The standard InChI is InChI=1S/C21H25F3O6S/c1-5-6-11-20(3,4)29-18(19(25)26)16-13(2)12-14-9-7-8-10-15(14)17(16)30-31(27,28)21(22,23)24/h7-10,12,18H,5-6,11H2,1-4H3,(H,25,26). The van der Waals surface area contributed by atoms with E-state index in [9.17, 15) is 31.5 Å². The average Bonchev–Trinajstić information content (AvgIpc) is 2.64. The number of rotatable bonds is 9. The summed E-state index contributed by atoms with van der Waals surface area (Å²) in [7, 11) is -6.05. The van der Waals surface area contributed by atoms with Crippen molar-refractivity contribution in [2.45, 2.75) is 64.2 Å². The van der Waals surface area contributed by atoms with Crippen LogP contribution in [0.15, 0.2) is 30.3 Å². The van der Waals surface area contributed by atoms with Crippen molar-refractivity contribution < 1.29 is 40.4 Å². The largest absolute Gasteiger partial charge is 0.534 e. The Morgan fingerprint density at radius 3 is 2.35 bits per heavy atom. The Labute approximate surface area is 179 Å². The van der Waals surface area contributed by atoms with Gasteiger partial charge in [0.25, 0.3) is 0 Å².